The smallest absolute Gasteiger partial charge is 0.441 e. The molecule has 0 aromatic heterocycles. The van der Waals surface area contributed by atoms with Crippen molar-refractivity contribution in [2.45, 2.75) is 39.9 Å². The number of carbonyl (C=O) groups excluding carboxylic acids is 4. The Morgan fingerprint density at radius 3 is 1.09 bits per heavy atom. The number of hydrogen-bond donors (Lipinski definition) is 0. The van der Waals surface area contributed by atoms with E-state index in [2.05, 4.69) is 0 Å². The van der Waals surface area contributed by atoms with Crippen LogP contribution in [0, 0.1) is 0 Å². The second kappa shape index (κ2) is 15.0. The minimum Gasteiger partial charge on any atom is -0.587 e. The maximum atomic E-state index is 11.3. The van der Waals surface area contributed by atoms with Gasteiger partial charge < -0.3 is 20.4 Å². The third-order valence-corrected chi connectivity index (χ3v) is 3.96. The Labute approximate surface area is 218 Å². The van der Waals surface area contributed by atoms with Crippen LogP contribution >= 0.6 is 0 Å². The molecule has 9 heteroatoms. The largest absolute Gasteiger partial charge is 0.587 e. The monoisotopic (exact) mass is 522 g/mol. The first-order valence-electron chi connectivity index (χ1n) is 10.6. The molecule has 0 atom stereocenters. The number of carbonyl (C=O) groups is 2. The number of hydrogen-bond acceptors (Lipinski definition) is 2. The number of allylic oxidation sites excluding steroid dienone is 4. The summed E-state index contributed by atoms with van der Waals surface area (Å²) in [5.41, 5.74) is 1.80. The van der Waals surface area contributed by atoms with E-state index >= 15 is 0 Å². The van der Waals surface area contributed by atoms with Gasteiger partial charge in [0.1, 0.15) is 12.2 Å². The van der Waals surface area contributed by atoms with Crippen LogP contribution in [0.15, 0.2) is 72.2 Å². The molecule has 0 spiro atoms. The first kappa shape index (κ1) is 31.8. The van der Waals surface area contributed by atoms with Crippen LogP contribution < -0.4 is 0 Å². The summed E-state index contributed by atoms with van der Waals surface area (Å²) in [5.74, 6) is -0.949. The maximum absolute atomic E-state index is 11.3. The molecular formula is C26H34O8Ti+6. The van der Waals surface area contributed by atoms with Crippen LogP contribution in [-0.2, 0) is 21.7 Å². The minimum atomic E-state index is -0.224. The van der Waals surface area contributed by atoms with Crippen LogP contribution in [0.4, 0.5) is 0 Å². The fourth-order valence-corrected chi connectivity index (χ4v) is 2.65. The first-order valence-corrected chi connectivity index (χ1v) is 10.6. The average molecular weight is 522 g/mol. The van der Waals surface area contributed by atoms with E-state index < -0.39 is 0 Å². The number of benzene rings is 2. The van der Waals surface area contributed by atoms with Gasteiger partial charge in [-0.2, -0.15) is 0 Å². The molecule has 0 saturated carbocycles. The summed E-state index contributed by atoms with van der Waals surface area (Å²) >= 11 is 0. The molecule has 0 heterocycles. The molecule has 0 amide bonds. The topological polar surface area (TPSA) is 169 Å². The molecule has 0 saturated heterocycles. The van der Waals surface area contributed by atoms with E-state index in [1.165, 1.54) is 0 Å². The van der Waals surface area contributed by atoms with Crippen molar-refractivity contribution in [3.8, 4) is 0 Å². The first-order chi connectivity index (χ1) is 15.9. The summed E-state index contributed by atoms with van der Waals surface area (Å²) in [6, 6.07) is 13.4. The van der Waals surface area contributed by atoms with Gasteiger partial charge in [-0.05, 0) is 12.1 Å². The molecular weight excluding hydrogens is 488 g/mol. The number of ketones is 4. The van der Waals surface area contributed by atoms with Gasteiger partial charge >= 0.3 is 23.1 Å². The van der Waals surface area contributed by atoms with Crippen molar-refractivity contribution in [3.05, 3.63) is 94.5 Å². The fourth-order valence-electron chi connectivity index (χ4n) is 2.65. The van der Waals surface area contributed by atoms with E-state index in [9.17, 15) is 19.2 Å². The molecule has 0 bridgehead atoms. The Kier molecular flexibility index (Phi) is 13.6. The molecule has 0 radical (unpaired) electrons. The third-order valence-electron chi connectivity index (χ3n) is 3.96. The summed E-state index contributed by atoms with van der Waals surface area (Å²) in [4.78, 5) is 41.6. The quantitative estimate of drug-likeness (QED) is 0.372. The molecule has 184 valence electrons. The minimum absolute atomic E-state index is 0. The summed E-state index contributed by atoms with van der Waals surface area (Å²) in [6.07, 6.45) is 2.41. The van der Waals surface area contributed by atoms with Crippen LogP contribution in [0.25, 0.3) is 0 Å². The van der Waals surface area contributed by atoms with Gasteiger partial charge in [0.15, 0.2) is 11.6 Å². The van der Waals surface area contributed by atoms with Gasteiger partial charge in [-0.3, -0.25) is 19.2 Å². The van der Waals surface area contributed by atoms with Crippen molar-refractivity contribution in [2.75, 3.05) is 0 Å². The Bertz CT molecular complexity index is 1030. The standard InChI is InChI=1S/2C10H6O3.2C3H8O.Ti/c2*11-8-5-9(12)10(13)7-4-2-1-3-6(7)8;2*1-3(2)4;/h2*1-5,12H;2*3-4H,1-2H3;/p+6. The zero-order chi connectivity index (χ0) is 26.0. The van der Waals surface area contributed by atoms with E-state index in [0.29, 0.717) is 22.3 Å². The molecule has 2 aliphatic rings. The molecule has 2 aromatic rings. The Morgan fingerprint density at radius 1 is 0.600 bits per heavy atom. The van der Waals surface area contributed by atoms with Crippen LogP contribution in [0.2, 0.25) is 0 Å². The molecule has 4 rings (SSSR count). The van der Waals surface area contributed by atoms with Gasteiger partial charge in [0, 0.05) is 60.5 Å². The molecule has 2 aromatic carbocycles. The van der Waals surface area contributed by atoms with Gasteiger partial charge in [-0.1, -0.05) is 36.4 Å². The predicted octanol–water partition coefficient (Wildman–Crippen LogP) is 1.01. The van der Waals surface area contributed by atoms with Crippen LogP contribution in [-0.4, -0.2) is 65.4 Å². The predicted molar refractivity (Wildman–Crippen MR) is 135 cm³/mol. The second-order valence-corrected chi connectivity index (χ2v) is 7.94. The maximum Gasteiger partial charge on any atom is 0.441 e. The van der Waals surface area contributed by atoms with Crippen LogP contribution in [0.1, 0.15) is 59.5 Å². The molecule has 0 fully saturated rings. The molecule has 10 N–H and O–H groups in total. The van der Waals surface area contributed by atoms with Crippen molar-refractivity contribution in [1.82, 2.24) is 0 Å². The molecule has 0 unspecified atom stereocenters. The van der Waals surface area contributed by atoms with Crippen molar-refractivity contribution >= 4 is 23.1 Å². The molecule has 0 aliphatic heterocycles. The third kappa shape index (κ3) is 9.92. The Balaban J connectivity index is 0.000000499. The number of rotatable bonds is 0. The summed E-state index contributed by atoms with van der Waals surface area (Å²) in [7, 11) is 0. The van der Waals surface area contributed by atoms with Gasteiger partial charge in [0.25, 0.3) is 0 Å². The van der Waals surface area contributed by atoms with Crippen molar-refractivity contribution < 1.29 is 61.3 Å². The van der Waals surface area contributed by atoms with Crippen LogP contribution in [0.3, 0.4) is 0 Å². The number of fused-ring (bicyclic) bond motifs is 2. The van der Waals surface area contributed by atoms with Crippen molar-refractivity contribution in [3.63, 3.8) is 0 Å². The van der Waals surface area contributed by atoms with Crippen molar-refractivity contribution in [2.24, 2.45) is 0 Å². The molecule has 35 heavy (non-hydrogen) atoms. The Hall–Kier alpha value is -3.17. The zero-order valence-electron chi connectivity index (χ0n) is 20.1. The van der Waals surface area contributed by atoms with Crippen LogP contribution in [0.5, 0.6) is 0 Å². The van der Waals surface area contributed by atoms with E-state index in [0.717, 1.165) is 12.2 Å². The normalized spacial score (nSPS) is 13.4. The summed E-state index contributed by atoms with van der Waals surface area (Å²) in [6.45, 7) is 7.33. The fraction of sp³-hybridized carbons (Fsp3) is 0.231. The van der Waals surface area contributed by atoms with Gasteiger partial charge in [0.2, 0.25) is 0 Å². The summed E-state index contributed by atoms with van der Waals surface area (Å²) in [5, 5.41) is 27.8. The van der Waals surface area contributed by atoms with E-state index in [4.69, 9.17) is 20.4 Å². The van der Waals surface area contributed by atoms with Gasteiger partial charge in [-0.25, -0.2) is 0 Å². The average Bonchev–Trinajstić information content (AvgIpc) is 2.76. The van der Waals surface area contributed by atoms with Gasteiger partial charge in [-0.15, -0.1) is 0 Å². The van der Waals surface area contributed by atoms with E-state index in [1.807, 2.05) is 27.7 Å². The zero-order valence-corrected chi connectivity index (χ0v) is 21.7. The van der Waals surface area contributed by atoms with Crippen molar-refractivity contribution in [1.29, 1.82) is 0 Å². The van der Waals surface area contributed by atoms with E-state index in [1.54, 1.807) is 48.5 Å². The van der Waals surface area contributed by atoms with Gasteiger partial charge in [0.05, 0.1) is 23.3 Å². The summed E-state index contributed by atoms with van der Waals surface area (Å²) < 4.78 is 0. The SMILES string of the molecule is CC(C)[OH2+].CC(C)[OH2+].O=C1C=C([OH2+])C(=[OH+])c2ccccc21.O=C1C=C([OH2+])C(=[OH+])c2ccccc21.[Ti]. The Morgan fingerprint density at radius 2 is 0.829 bits per heavy atom. The van der Waals surface area contributed by atoms with E-state index in [-0.39, 0.29) is 68.6 Å². The second-order valence-electron chi connectivity index (χ2n) is 7.94. The molecule has 8 nitrogen and oxygen atoms in total. The molecule has 2 aliphatic carbocycles.